The minimum absolute atomic E-state index is 0.976. The molecular weight excluding hydrogens is 144 g/mol. The largest absolute Gasteiger partial charge is 0.330 e. The zero-order valence-electron chi connectivity index (χ0n) is 2.45. The van der Waals surface area contributed by atoms with Crippen LogP contribution in [0.2, 0.25) is 0 Å². The van der Waals surface area contributed by atoms with E-state index in [0.29, 0.717) is 0 Å². The molecule has 0 amide bonds. The predicted molar refractivity (Wildman–Crippen MR) is 25.5 cm³/mol. The summed E-state index contributed by atoms with van der Waals surface area (Å²) in [4.78, 5) is 0. The van der Waals surface area contributed by atoms with E-state index >= 15 is 0 Å². The molecule has 0 saturated carbocycles. The highest BCUT2D eigenvalue weighted by Gasteiger charge is 2.11. The third-order valence-electron chi connectivity index (χ3n) is 0.194. The van der Waals surface area contributed by atoms with Crippen molar-refractivity contribution < 1.29 is 11.5 Å². The predicted octanol–water partition coefficient (Wildman–Crippen LogP) is 0.823. The van der Waals surface area contributed by atoms with Gasteiger partial charge in [-0.1, -0.05) is 0 Å². The van der Waals surface area contributed by atoms with Crippen molar-refractivity contribution in [2.24, 2.45) is 0 Å². The van der Waals surface area contributed by atoms with Crippen LogP contribution in [-0.2, 0) is 18.6 Å². The highest BCUT2D eigenvalue weighted by Crippen LogP contribution is 2.33. The van der Waals surface area contributed by atoms with Crippen molar-refractivity contribution >= 4 is 33.5 Å². The highest BCUT2D eigenvalue weighted by molar-refractivity contribution is 8.75. The molecule has 36 valence electrons. The SMILES string of the molecule is O=S1OSSO1. The first-order chi connectivity index (χ1) is 2.89. The van der Waals surface area contributed by atoms with Gasteiger partial charge in [-0.25, -0.2) is 0 Å². The summed E-state index contributed by atoms with van der Waals surface area (Å²) in [5, 5.41) is 0. The fourth-order valence-electron chi connectivity index (χ4n) is 0.0794. The standard InChI is InChI=1S/O3S3/c1-6-2-4-5-3-6. The Kier molecular flexibility index (Phi) is 1.78. The van der Waals surface area contributed by atoms with Crippen LogP contribution in [0.1, 0.15) is 0 Å². The Morgan fingerprint density at radius 2 is 1.83 bits per heavy atom. The summed E-state index contributed by atoms with van der Waals surface area (Å²) >= 11 is 0.456. The van der Waals surface area contributed by atoms with Crippen molar-refractivity contribution in [1.82, 2.24) is 0 Å². The average Bonchev–Trinajstić information content (AvgIpc) is 1.86. The van der Waals surface area contributed by atoms with Crippen LogP contribution in [0.4, 0.5) is 0 Å². The Balaban J connectivity index is 2.37. The number of hydrogen-bond acceptors (Lipinski definition) is 5. The summed E-state index contributed by atoms with van der Waals surface area (Å²) in [6, 6.07) is 0. The molecule has 1 aliphatic rings. The van der Waals surface area contributed by atoms with Crippen molar-refractivity contribution in [3.8, 4) is 0 Å². The van der Waals surface area contributed by atoms with Gasteiger partial charge in [-0.2, -0.15) is 11.5 Å². The molecule has 6 heavy (non-hydrogen) atoms. The Morgan fingerprint density at radius 1 is 1.33 bits per heavy atom. The van der Waals surface area contributed by atoms with Crippen LogP contribution in [0, 0.1) is 0 Å². The van der Waals surface area contributed by atoms with E-state index in [4.69, 9.17) is 0 Å². The maximum Gasteiger partial charge on any atom is 0.330 e. The van der Waals surface area contributed by atoms with Crippen molar-refractivity contribution in [3.63, 3.8) is 0 Å². The molecule has 0 unspecified atom stereocenters. The fourth-order valence-corrected chi connectivity index (χ4v) is 2.14. The van der Waals surface area contributed by atoms with Gasteiger partial charge in [0.2, 0.25) is 0 Å². The second-order valence-electron chi connectivity index (χ2n) is 0.476. The van der Waals surface area contributed by atoms with Gasteiger partial charge in [0.05, 0.1) is 0 Å². The van der Waals surface area contributed by atoms with Crippen LogP contribution in [0.3, 0.4) is 0 Å². The molecule has 0 aromatic rings. The van der Waals surface area contributed by atoms with Gasteiger partial charge >= 0.3 is 11.4 Å². The normalized spacial score (nSPS) is 25.3. The van der Waals surface area contributed by atoms with Crippen LogP contribution < -0.4 is 0 Å². The van der Waals surface area contributed by atoms with Gasteiger partial charge in [0.1, 0.15) is 22.1 Å². The molecule has 1 rings (SSSR count). The molecule has 1 heterocycles. The van der Waals surface area contributed by atoms with Crippen molar-refractivity contribution in [2.45, 2.75) is 0 Å². The van der Waals surface area contributed by atoms with E-state index in [1.165, 1.54) is 0 Å². The molecule has 6 heteroatoms. The molecule has 0 aliphatic carbocycles. The van der Waals surface area contributed by atoms with E-state index in [1.54, 1.807) is 0 Å². The Bertz CT molecular complexity index is 60.4. The molecule has 1 aliphatic heterocycles. The average molecular weight is 144 g/mol. The Morgan fingerprint density at radius 3 is 2.00 bits per heavy atom. The monoisotopic (exact) mass is 144 g/mol. The summed E-state index contributed by atoms with van der Waals surface area (Å²) in [7, 11) is 0. The van der Waals surface area contributed by atoms with Gasteiger partial charge in [0.25, 0.3) is 0 Å². The van der Waals surface area contributed by atoms with Crippen LogP contribution in [0.5, 0.6) is 0 Å². The molecule has 0 aromatic heterocycles. The first kappa shape index (κ1) is 4.92. The number of hydrogen-bond donors (Lipinski definition) is 0. The highest BCUT2D eigenvalue weighted by atomic mass is 33.1. The molecule has 0 atom stereocenters. The van der Waals surface area contributed by atoms with E-state index in [0.717, 1.165) is 22.1 Å². The smallest absolute Gasteiger partial charge is 0.195 e. The molecule has 3 nitrogen and oxygen atoms in total. The summed E-state index contributed by atoms with van der Waals surface area (Å²) in [5.74, 6) is 0. The molecule has 0 aromatic carbocycles. The molecule has 0 radical (unpaired) electrons. The first-order valence-corrected chi connectivity index (χ1v) is 4.00. The van der Waals surface area contributed by atoms with E-state index in [2.05, 4.69) is 7.26 Å². The second-order valence-corrected chi connectivity index (χ2v) is 3.06. The topological polar surface area (TPSA) is 35.5 Å². The summed E-state index contributed by atoms with van der Waals surface area (Å²) in [6.07, 6.45) is 0. The second kappa shape index (κ2) is 2.17. The van der Waals surface area contributed by atoms with Gasteiger partial charge in [0, 0.05) is 0 Å². The summed E-state index contributed by atoms with van der Waals surface area (Å²) < 4.78 is 18.4. The van der Waals surface area contributed by atoms with Crippen LogP contribution in [-0.4, -0.2) is 4.21 Å². The third-order valence-corrected chi connectivity index (χ3v) is 2.75. The van der Waals surface area contributed by atoms with E-state index in [9.17, 15) is 4.21 Å². The van der Waals surface area contributed by atoms with E-state index in [-0.39, 0.29) is 0 Å². The van der Waals surface area contributed by atoms with Gasteiger partial charge in [0.15, 0.2) is 0 Å². The summed E-state index contributed by atoms with van der Waals surface area (Å²) in [5.41, 5.74) is 0. The minimum Gasteiger partial charge on any atom is -0.195 e. The molecule has 1 fully saturated rings. The lowest BCUT2D eigenvalue weighted by molar-refractivity contribution is 0.540. The maximum atomic E-state index is 9.87. The van der Waals surface area contributed by atoms with Crippen LogP contribution >= 0.6 is 22.1 Å². The molecule has 0 N–H and O–H groups in total. The van der Waals surface area contributed by atoms with Crippen molar-refractivity contribution in [1.29, 1.82) is 0 Å². The van der Waals surface area contributed by atoms with Gasteiger partial charge < -0.3 is 0 Å². The molecule has 0 bridgehead atoms. The Hall–Kier alpha value is 0.770. The molecule has 1 saturated heterocycles. The fraction of sp³-hybridized carbons (Fsp3) is 0. The quantitative estimate of drug-likeness (QED) is 0.371. The zero-order chi connectivity index (χ0) is 4.41. The first-order valence-electron chi connectivity index (χ1n) is 1.00. The van der Waals surface area contributed by atoms with Crippen LogP contribution in [0.25, 0.3) is 0 Å². The summed E-state index contributed by atoms with van der Waals surface area (Å²) in [6.45, 7) is 0. The van der Waals surface area contributed by atoms with Gasteiger partial charge in [-0.15, -0.1) is 0 Å². The van der Waals surface area contributed by atoms with Crippen molar-refractivity contribution in [3.05, 3.63) is 0 Å². The van der Waals surface area contributed by atoms with Crippen molar-refractivity contribution in [2.75, 3.05) is 0 Å². The van der Waals surface area contributed by atoms with Gasteiger partial charge in [-0.3, -0.25) is 0 Å². The van der Waals surface area contributed by atoms with E-state index in [1.807, 2.05) is 0 Å². The lowest BCUT2D eigenvalue weighted by atomic mass is 15.8. The van der Waals surface area contributed by atoms with Gasteiger partial charge in [-0.05, 0) is 0 Å². The van der Waals surface area contributed by atoms with E-state index < -0.39 is 11.4 Å². The lowest BCUT2D eigenvalue weighted by Gasteiger charge is -1.71. The molecular formula is O3S3. The number of rotatable bonds is 0. The molecule has 0 spiro atoms. The minimum atomic E-state index is -1.50. The van der Waals surface area contributed by atoms with Crippen LogP contribution in [0.15, 0.2) is 0 Å². The third kappa shape index (κ3) is 1.12. The maximum absolute atomic E-state index is 9.87. The lowest BCUT2D eigenvalue weighted by Crippen LogP contribution is -1.77. The zero-order valence-corrected chi connectivity index (χ0v) is 4.90. The Labute approximate surface area is 45.5 Å².